The van der Waals surface area contributed by atoms with Crippen LogP contribution < -0.4 is 19.5 Å². The normalized spacial score (nSPS) is 11.7. The topological polar surface area (TPSA) is 78.4 Å². The molecule has 0 heterocycles. The Hall–Kier alpha value is -2.93. The predicted octanol–water partition coefficient (Wildman–Crippen LogP) is 3.74. The van der Waals surface area contributed by atoms with E-state index < -0.39 is 6.10 Å². The van der Waals surface area contributed by atoms with Crippen LogP contribution in [0.25, 0.3) is 0 Å². The molecule has 0 fully saturated rings. The third-order valence-electron chi connectivity index (χ3n) is 3.62. The van der Waals surface area contributed by atoms with E-state index in [4.69, 9.17) is 30.6 Å². The van der Waals surface area contributed by atoms with Crippen LogP contribution in [0.3, 0.4) is 0 Å². The Morgan fingerprint density at radius 3 is 2.33 bits per heavy atom. The van der Waals surface area contributed by atoms with Crippen LogP contribution in [0.15, 0.2) is 41.6 Å². The summed E-state index contributed by atoms with van der Waals surface area (Å²) in [5.41, 5.74) is 1.27. The molecule has 0 aliphatic rings. The summed E-state index contributed by atoms with van der Waals surface area (Å²) in [7, 11) is 4.63. The third-order valence-corrected chi connectivity index (χ3v) is 3.91. The van der Waals surface area contributed by atoms with Gasteiger partial charge in [-0.1, -0.05) is 16.8 Å². The summed E-state index contributed by atoms with van der Waals surface area (Å²) < 4.78 is 15.5. The van der Waals surface area contributed by atoms with E-state index in [-0.39, 0.29) is 5.91 Å². The molecule has 1 amide bonds. The van der Waals surface area contributed by atoms with E-state index >= 15 is 0 Å². The molecule has 0 bridgehead atoms. The molecule has 8 heteroatoms. The summed E-state index contributed by atoms with van der Waals surface area (Å²) in [4.78, 5) is 17.4. The highest BCUT2D eigenvalue weighted by Gasteiger charge is 2.15. The highest BCUT2D eigenvalue weighted by atomic mass is 35.5. The summed E-state index contributed by atoms with van der Waals surface area (Å²) in [6, 6.07) is 10.2. The number of benzene rings is 2. The summed E-state index contributed by atoms with van der Waals surface area (Å²) in [5, 5.41) is 6.95. The van der Waals surface area contributed by atoms with Gasteiger partial charge in [0.05, 0.1) is 32.6 Å². The van der Waals surface area contributed by atoms with Crippen LogP contribution in [0.1, 0.15) is 12.5 Å². The van der Waals surface area contributed by atoms with Gasteiger partial charge in [-0.15, -0.1) is 0 Å². The molecule has 0 aliphatic carbocycles. The van der Waals surface area contributed by atoms with Crippen molar-refractivity contribution in [1.82, 2.24) is 0 Å². The van der Waals surface area contributed by atoms with Gasteiger partial charge in [0.25, 0.3) is 5.91 Å². The Labute approximate surface area is 162 Å². The van der Waals surface area contributed by atoms with Crippen LogP contribution in [0, 0.1) is 0 Å². The molecule has 2 rings (SSSR count). The van der Waals surface area contributed by atoms with E-state index in [1.807, 2.05) is 0 Å². The van der Waals surface area contributed by atoms with E-state index in [1.54, 1.807) is 57.5 Å². The lowest BCUT2D eigenvalue weighted by molar-refractivity contribution is -0.126. The number of hydrogen-bond acceptors (Lipinski definition) is 6. The summed E-state index contributed by atoms with van der Waals surface area (Å²) >= 11 is 6.04. The second-order valence-electron chi connectivity index (χ2n) is 5.44. The number of nitrogens with one attached hydrogen (secondary N) is 1. The highest BCUT2D eigenvalue weighted by Crippen LogP contribution is 2.28. The lowest BCUT2D eigenvalue weighted by Gasteiger charge is -2.12. The van der Waals surface area contributed by atoms with Gasteiger partial charge >= 0.3 is 0 Å². The average Bonchev–Trinajstić information content (AvgIpc) is 2.67. The van der Waals surface area contributed by atoms with E-state index in [1.165, 1.54) is 13.3 Å². The van der Waals surface area contributed by atoms with Crippen molar-refractivity contribution in [2.24, 2.45) is 5.16 Å². The average molecular weight is 393 g/mol. The van der Waals surface area contributed by atoms with E-state index in [0.29, 0.717) is 28.0 Å². The second-order valence-corrected chi connectivity index (χ2v) is 5.84. The first-order valence-corrected chi connectivity index (χ1v) is 8.42. The first-order valence-electron chi connectivity index (χ1n) is 8.04. The third kappa shape index (κ3) is 5.52. The molecule has 2 aromatic carbocycles. The molecule has 27 heavy (non-hydrogen) atoms. The first kappa shape index (κ1) is 20.4. The van der Waals surface area contributed by atoms with Crippen molar-refractivity contribution in [3.63, 3.8) is 0 Å². The molecular weight excluding hydrogens is 372 g/mol. The van der Waals surface area contributed by atoms with Gasteiger partial charge in [0.2, 0.25) is 6.10 Å². The van der Waals surface area contributed by atoms with Gasteiger partial charge in [0.15, 0.2) is 11.5 Å². The van der Waals surface area contributed by atoms with Crippen molar-refractivity contribution >= 4 is 29.4 Å². The number of nitrogens with zero attached hydrogens (tertiary/aromatic N) is 1. The predicted molar refractivity (Wildman–Crippen MR) is 104 cm³/mol. The SMILES string of the molecule is COc1ccc(NC(=O)C(C)ON=Cc2ccc(OC)c(OC)c2)cc1Cl. The summed E-state index contributed by atoms with van der Waals surface area (Å²) in [6.45, 7) is 1.59. The number of ether oxygens (including phenoxy) is 3. The molecule has 144 valence electrons. The quantitative estimate of drug-likeness (QED) is 0.547. The summed E-state index contributed by atoms with van der Waals surface area (Å²) in [6.07, 6.45) is 0.679. The molecule has 2 aromatic rings. The van der Waals surface area contributed by atoms with Crippen LogP contribution in [-0.4, -0.2) is 39.6 Å². The smallest absolute Gasteiger partial charge is 0.267 e. The first-order chi connectivity index (χ1) is 13.0. The van der Waals surface area contributed by atoms with Crippen molar-refractivity contribution in [2.75, 3.05) is 26.6 Å². The maximum atomic E-state index is 12.2. The lowest BCUT2D eigenvalue weighted by atomic mass is 10.2. The Kier molecular flexibility index (Phi) is 7.31. The number of anilines is 1. The Morgan fingerprint density at radius 2 is 1.70 bits per heavy atom. The zero-order valence-corrected chi connectivity index (χ0v) is 16.2. The fourth-order valence-electron chi connectivity index (χ4n) is 2.15. The molecule has 0 aliphatic heterocycles. The van der Waals surface area contributed by atoms with Gasteiger partial charge in [0.1, 0.15) is 5.75 Å². The minimum Gasteiger partial charge on any atom is -0.495 e. The standard InChI is InChI=1S/C19H21ClN2O5/c1-12(19(23)22-14-6-8-16(24-2)15(20)10-14)27-21-11-13-5-7-17(25-3)18(9-13)26-4/h5-12H,1-4H3,(H,22,23). The zero-order chi connectivity index (χ0) is 19.8. The van der Waals surface area contributed by atoms with Crippen molar-refractivity contribution in [3.05, 3.63) is 47.0 Å². The molecule has 0 saturated carbocycles. The van der Waals surface area contributed by atoms with Crippen molar-refractivity contribution in [3.8, 4) is 17.2 Å². The second kappa shape index (κ2) is 9.68. The number of hydrogen-bond donors (Lipinski definition) is 1. The van der Waals surface area contributed by atoms with Crippen molar-refractivity contribution in [2.45, 2.75) is 13.0 Å². The van der Waals surface area contributed by atoms with Crippen LogP contribution in [0.5, 0.6) is 17.2 Å². The Bertz CT molecular complexity index is 826. The van der Waals surface area contributed by atoms with Crippen molar-refractivity contribution in [1.29, 1.82) is 0 Å². The number of rotatable bonds is 8. The van der Waals surface area contributed by atoms with Crippen LogP contribution in [-0.2, 0) is 9.63 Å². The molecule has 1 N–H and O–H groups in total. The van der Waals surface area contributed by atoms with Gasteiger partial charge in [-0.3, -0.25) is 4.79 Å². The number of oxime groups is 1. The molecule has 0 aromatic heterocycles. The Balaban J connectivity index is 1.94. The largest absolute Gasteiger partial charge is 0.495 e. The van der Waals surface area contributed by atoms with Gasteiger partial charge in [0, 0.05) is 11.3 Å². The molecule has 0 spiro atoms. The molecular formula is C19H21ClN2O5. The molecule has 1 atom stereocenters. The van der Waals surface area contributed by atoms with Crippen LogP contribution >= 0.6 is 11.6 Å². The van der Waals surface area contributed by atoms with Crippen molar-refractivity contribution < 1.29 is 23.8 Å². The number of carbonyl (C=O) groups excluding carboxylic acids is 1. The monoisotopic (exact) mass is 392 g/mol. The number of carbonyl (C=O) groups is 1. The molecule has 0 radical (unpaired) electrons. The van der Waals surface area contributed by atoms with Gasteiger partial charge in [-0.2, -0.15) is 0 Å². The maximum Gasteiger partial charge on any atom is 0.267 e. The number of halogens is 1. The van der Waals surface area contributed by atoms with Gasteiger partial charge in [-0.05, 0) is 43.3 Å². The van der Waals surface area contributed by atoms with Crippen LogP contribution in [0.4, 0.5) is 5.69 Å². The zero-order valence-electron chi connectivity index (χ0n) is 15.5. The summed E-state index contributed by atoms with van der Waals surface area (Å²) in [5.74, 6) is 1.35. The Morgan fingerprint density at radius 1 is 1.04 bits per heavy atom. The minimum absolute atomic E-state index is 0.360. The molecule has 0 saturated heterocycles. The van der Waals surface area contributed by atoms with E-state index in [2.05, 4.69) is 10.5 Å². The maximum absolute atomic E-state index is 12.2. The van der Waals surface area contributed by atoms with Gasteiger partial charge in [-0.25, -0.2) is 0 Å². The minimum atomic E-state index is -0.803. The lowest BCUT2D eigenvalue weighted by Crippen LogP contribution is -2.26. The number of methoxy groups -OCH3 is 3. The molecule has 7 nitrogen and oxygen atoms in total. The van der Waals surface area contributed by atoms with E-state index in [0.717, 1.165) is 5.56 Å². The molecule has 1 unspecified atom stereocenters. The number of amides is 1. The van der Waals surface area contributed by atoms with Gasteiger partial charge < -0.3 is 24.4 Å². The highest BCUT2D eigenvalue weighted by molar-refractivity contribution is 6.32. The fourth-order valence-corrected chi connectivity index (χ4v) is 2.41. The van der Waals surface area contributed by atoms with E-state index in [9.17, 15) is 4.79 Å². The van der Waals surface area contributed by atoms with Crippen LogP contribution in [0.2, 0.25) is 5.02 Å². The fraction of sp³-hybridized carbons (Fsp3) is 0.263.